The van der Waals surface area contributed by atoms with Crippen LogP contribution < -0.4 is 4.74 Å². The Morgan fingerprint density at radius 1 is 1.00 bits per heavy atom. The fourth-order valence-electron chi connectivity index (χ4n) is 2.77. The third-order valence-electron chi connectivity index (χ3n) is 4.23. The highest BCUT2D eigenvalue weighted by Crippen LogP contribution is 2.38. The lowest BCUT2D eigenvalue weighted by Gasteiger charge is -2.14. The van der Waals surface area contributed by atoms with Crippen molar-refractivity contribution in [1.29, 1.82) is 0 Å². The van der Waals surface area contributed by atoms with E-state index in [1.165, 1.54) is 16.9 Å². The van der Waals surface area contributed by atoms with Gasteiger partial charge in [-0.1, -0.05) is 11.6 Å². The van der Waals surface area contributed by atoms with Gasteiger partial charge in [0.2, 0.25) is 0 Å². The molecule has 0 atom stereocenters. The highest BCUT2D eigenvalue weighted by molar-refractivity contribution is 9.10. The minimum Gasteiger partial charge on any atom is -0.484 e. The molecular weight excluding hydrogens is 560 g/mol. The summed E-state index contributed by atoms with van der Waals surface area (Å²) in [5.74, 6) is -0.699. The van der Waals surface area contributed by atoms with Crippen LogP contribution in [0.5, 0.6) is 5.75 Å². The SMILES string of the molecule is FC(F)(F)c1cc(OCc2nnc(-c3cc(Br)nn3-c3ncccc3Cl)o2)cc(C(F)(F)F)c1. The van der Waals surface area contributed by atoms with E-state index in [0.717, 1.165) is 0 Å². The number of halogens is 8. The van der Waals surface area contributed by atoms with Crippen LogP contribution in [-0.2, 0) is 19.0 Å². The van der Waals surface area contributed by atoms with Gasteiger partial charge in [-0.25, -0.2) is 9.67 Å². The first-order valence-electron chi connectivity index (χ1n) is 9.03. The molecule has 0 N–H and O–H groups in total. The van der Waals surface area contributed by atoms with Crippen molar-refractivity contribution in [2.24, 2.45) is 0 Å². The molecule has 0 aliphatic heterocycles. The first kappa shape index (κ1) is 24.0. The van der Waals surface area contributed by atoms with Gasteiger partial charge < -0.3 is 9.15 Å². The fraction of sp³-hybridized carbons (Fsp3) is 0.158. The molecule has 0 aliphatic rings. The van der Waals surface area contributed by atoms with Gasteiger partial charge in [-0.05, 0) is 46.3 Å². The summed E-state index contributed by atoms with van der Waals surface area (Å²) in [5.41, 5.74) is -2.75. The van der Waals surface area contributed by atoms with Gasteiger partial charge in [-0.3, -0.25) is 0 Å². The monoisotopic (exact) mass is 567 g/mol. The van der Waals surface area contributed by atoms with Gasteiger partial charge in [-0.15, -0.1) is 10.2 Å². The predicted molar refractivity (Wildman–Crippen MR) is 108 cm³/mol. The molecule has 4 aromatic rings. The molecule has 0 fully saturated rings. The highest BCUT2D eigenvalue weighted by atomic mass is 79.9. The predicted octanol–water partition coefficient (Wildman–Crippen LogP) is 6.35. The zero-order chi connectivity index (χ0) is 24.7. The Morgan fingerprint density at radius 2 is 1.68 bits per heavy atom. The summed E-state index contributed by atoms with van der Waals surface area (Å²) in [6, 6.07) is 5.61. The average Bonchev–Trinajstić information content (AvgIpc) is 3.37. The highest BCUT2D eigenvalue weighted by Gasteiger charge is 2.37. The minimum absolute atomic E-state index is 0.000570. The molecule has 7 nitrogen and oxygen atoms in total. The number of hydrogen-bond acceptors (Lipinski definition) is 6. The van der Waals surface area contributed by atoms with Gasteiger partial charge in [0.15, 0.2) is 12.4 Å². The molecule has 15 heteroatoms. The summed E-state index contributed by atoms with van der Waals surface area (Å²) in [7, 11) is 0. The van der Waals surface area contributed by atoms with Crippen LogP contribution in [0.1, 0.15) is 17.0 Å². The molecule has 0 saturated carbocycles. The number of benzene rings is 1. The molecule has 0 spiro atoms. The number of pyridine rings is 1. The maximum Gasteiger partial charge on any atom is 0.416 e. The second kappa shape index (κ2) is 8.91. The van der Waals surface area contributed by atoms with Crippen LogP contribution in [0.2, 0.25) is 5.02 Å². The van der Waals surface area contributed by atoms with Crippen molar-refractivity contribution < 1.29 is 35.5 Å². The standard InChI is InChI=1S/C19H9BrClF6N5O2/c20-14-7-13(32(31-14)16-12(21)2-1-3-28-16)17-30-29-15(34-17)8-33-11-5-9(18(22,23)24)4-10(6-11)19(25,26)27/h1-7H,8H2. The van der Waals surface area contributed by atoms with E-state index in [-0.39, 0.29) is 34.4 Å². The van der Waals surface area contributed by atoms with E-state index in [2.05, 4.69) is 36.2 Å². The van der Waals surface area contributed by atoms with E-state index in [0.29, 0.717) is 16.7 Å². The molecule has 0 bridgehead atoms. The zero-order valence-corrected chi connectivity index (χ0v) is 18.7. The van der Waals surface area contributed by atoms with Crippen molar-refractivity contribution in [2.45, 2.75) is 19.0 Å². The van der Waals surface area contributed by atoms with Crippen molar-refractivity contribution in [2.75, 3.05) is 0 Å². The minimum atomic E-state index is -5.00. The summed E-state index contributed by atoms with van der Waals surface area (Å²) in [6.07, 6.45) is -8.52. The second-order valence-electron chi connectivity index (χ2n) is 6.60. The molecule has 3 heterocycles. The van der Waals surface area contributed by atoms with E-state index in [4.69, 9.17) is 20.8 Å². The van der Waals surface area contributed by atoms with Gasteiger partial charge in [0.25, 0.3) is 11.8 Å². The Hall–Kier alpha value is -3.13. The van der Waals surface area contributed by atoms with Gasteiger partial charge in [0, 0.05) is 12.3 Å². The molecule has 4 rings (SSSR count). The molecule has 178 valence electrons. The van der Waals surface area contributed by atoms with Gasteiger partial charge in [0.05, 0.1) is 16.1 Å². The number of ether oxygens (including phenoxy) is 1. The third-order valence-corrected chi connectivity index (χ3v) is 4.91. The van der Waals surface area contributed by atoms with Crippen LogP contribution in [0.25, 0.3) is 17.4 Å². The number of aromatic nitrogens is 5. The summed E-state index contributed by atoms with van der Waals surface area (Å²) in [5, 5.41) is 12.0. The van der Waals surface area contributed by atoms with E-state index in [9.17, 15) is 26.3 Å². The average molecular weight is 569 g/mol. The Balaban J connectivity index is 1.60. The molecule has 0 radical (unpaired) electrons. The lowest BCUT2D eigenvalue weighted by Crippen LogP contribution is -2.11. The van der Waals surface area contributed by atoms with E-state index >= 15 is 0 Å². The Morgan fingerprint density at radius 3 is 2.29 bits per heavy atom. The van der Waals surface area contributed by atoms with Crippen LogP contribution in [-0.4, -0.2) is 25.0 Å². The molecule has 0 amide bonds. The molecule has 1 aromatic carbocycles. The van der Waals surface area contributed by atoms with Crippen LogP contribution in [0.4, 0.5) is 26.3 Å². The lowest BCUT2D eigenvalue weighted by atomic mass is 10.1. The Labute approximate surface area is 199 Å². The zero-order valence-electron chi connectivity index (χ0n) is 16.3. The topological polar surface area (TPSA) is 78.9 Å². The Kier molecular flexibility index (Phi) is 6.29. The van der Waals surface area contributed by atoms with Crippen LogP contribution >= 0.6 is 27.5 Å². The molecule has 3 aromatic heterocycles. The summed E-state index contributed by atoms with van der Waals surface area (Å²) >= 11 is 9.37. The normalized spacial score (nSPS) is 12.2. The molecule has 0 unspecified atom stereocenters. The van der Waals surface area contributed by atoms with Crippen LogP contribution in [0.15, 0.2) is 51.6 Å². The van der Waals surface area contributed by atoms with Crippen molar-refractivity contribution in [1.82, 2.24) is 25.0 Å². The summed E-state index contributed by atoms with van der Waals surface area (Å²) < 4.78 is 90.3. The Bertz CT molecular complexity index is 1310. The van der Waals surface area contributed by atoms with Crippen LogP contribution in [0, 0.1) is 0 Å². The largest absolute Gasteiger partial charge is 0.484 e. The first-order valence-corrected chi connectivity index (χ1v) is 10.2. The lowest BCUT2D eigenvalue weighted by molar-refractivity contribution is -0.143. The number of rotatable bonds is 5. The molecule has 0 saturated heterocycles. The van der Waals surface area contributed by atoms with E-state index in [1.807, 2.05) is 0 Å². The molecular formula is C19H9BrClF6N5O2. The van der Waals surface area contributed by atoms with Gasteiger partial charge in [-0.2, -0.15) is 31.4 Å². The third kappa shape index (κ3) is 5.17. The maximum absolute atomic E-state index is 13.0. The smallest absolute Gasteiger partial charge is 0.416 e. The number of nitrogens with zero attached hydrogens (tertiary/aromatic N) is 5. The number of alkyl halides is 6. The van der Waals surface area contributed by atoms with Crippen molar-refractivity contribution in [3.8, 4) is 23.2 Å². The number of hydrogen-bond donors (Lipinski definition) is 0. The van der Waals surface area contributed by atoms with Crippen molar-refractivity contribution in [3.05, 3.63) is 69.2 Å². The quantitative estimate of drug-likeness (QED) is 0.261. The van der Waals surface area contributed by atoms with Gasteiger partial charge >= 0.3 is 12.4 Å². The fourth-order valence-corrected chi connectivity index (χ4v) is 3.35. The maximum atomic E-state index is 13.0. The molecule has 34 heavy (non-hydrogen) atoms. The summed E-state index contributed by atoms with van der Waals surface area (Å²) in [4.78, 5) is 4.14. The molecule has 0 aliphatic carbocycles. The van der Waals surface area contributed by atoms with Crippen LogP contribution in [0.3, 0.4) is 0 Å². The summed E-state index contributed by atoms with van der Waals surface area (Å²) in [6.45, 7) is -0.592. The van der Waals surface area contributed by atoms with E-state index in [1.54, 1.807) is 12.1 Å². The van der Waals surface area contributed by atoms with E-state index < -0.39 is 35.8 Å². The van der Waals surface area contributed by atoms with Crippen molar-refractivity contribution in [3.63, 3.8) is 0 Å². The van der Waals surface area contributed by atoms with Gasteiger partial charge in [0.1, 0.15) is 16.0 Å². The van der Waals surface area contributed by atoms with Crippen molar-refractivity contribution >= 4 is 27.5 Å². The first-order chi connectivity index (χ1) is 15.9. The second-order valence-corrected chi connectivity index (χ2v) is 7.82.